The first-order valence-electron chi connectivity index (χ1n) is 10.8. The molecule has 1 aromatic rings. The number of amides is 1. The Morgan fingerprint density at radius 3 is 2.46 bits per heavy atom. The third-order valence-corrected chi connectivity index (χ3v) is 6.42. The molecule has 0 aromatic heterocycles. The summed E-state index contributed by atoms with van der Waals surface area (Å²) in [6.07, 6.45) is 11.2. The predicted molar refractivity (Wildman–Crippen MR) is 108 cm³/mol. The Labute approximate surface area is 159 Å². The van der Waals surface area contributed by atoms with Crippen molar-refractivity contribution < 1.29 is 4.79 Å². The van der Waals surface area contributed by atoms with Gasteiger partial charge in [-0.3, -0.25) is 9.69 Å². The molecule has 1 aliphatic carbocycles. The summed E-state index contributed by atoms with van der Waals surface area (Å²) in [5.74, 6) is 1.39. The third-order valence-electron chi connectivity index (χ3n) is 6.42. The highest BCUT2D eigenvalue weighted by Crippen LogP contribution is 2.32. The molecule has 1 saturated carbocycles. The molecule has 0 bridgehead atoms. The van der Waals surface area contributed by atoms with Gasteiger partial charge in [-0.05, 0) is 63.1 Å². The van der Waals surface area contributed by atoms with Crippen LogP contribution in [0.5, 0.6) is 0 Å². The Balaban J connectivity index is 1.50. The van der Waals surface area contributed by atoms with Gasteiger partial charge in [-0.1, -0.05) is 56.5 Å². The Hall–Kier alpha value is -1.35. The Kier molecular flexibility index (Phi) is 7.55. The first-order chi connectivity index (χ1) is 12.8. The lowest BCUT2D eigenvalue weighted by Crippen LogP contribution is -2.40. The minimum atomic E-state index is 0.239. The summed E-state index contributed by atoms with van der Waals surface area (Å²) in [7, 11) is 0. The molecular formula is C23H36N2O. The van der Waals surface area contributed by atoms with Crippen LogP contribution in [0, 0.1) is 11.8 Å². The van der Waals surface area contributed by atoms with Crippen LogP contribution in [0.15, 0.2) is 30.3 Å². The van der Waals surface area contributed by atoms with Gasteiger partial charge in [0.1, 0.15) is 0 Å². The molecule has 3 nitrogen and oxygen atoms in total. The Bertz CT molecular complexity index is 530. The van der Waals surface area contributed by atoms with E-state index in [0.717, 1.165) is 38.4 Å². The third kappa shape index (κ3) is 5.33. The van der Waals surface area contributed by atoms with Crippen molar-refractivity contribution in [2.75, 3.05) is 19.6 Å². The van der Waals surface area contributed by atoms with Crippen molar-refractivity contribution in [3.8, 4) is 0 Å². The van der Waals surface area contributed by atoms with Gasteiger partial charge in [-0.2, -0.15) is 0 Å². The molecule has 1 N–H and O–H groups in total. The highest BCUT2D eigenvalue weighted by atomic mass is 16.1. The van der Waals surface area contributed by atoms with Gasteiger partial charge >= 0.3 is 0 Å². The fourth-order valence-corrected chi connectivity index (χ4v) is 4.73. The van der Waals surface area contributed by atoms with E-state index in [4.69, 9.17) is 0 Å². The van der Waals surface area contributed by atoms with E-state index in [1.165, 1.54) is 50.5 Å². The Morgan fingerprint density at radius 2 is 1.81 bits per heavy atom. The van der Waals surface area contributed by atoms with Crippen LogP contribution < -0.4 is 5.32 Å². The molecule has 1 atom stereocenters. The molecule has 26 heavy (non-hydrogen) atoms. The SMILES string of the molecule is CCCCC1CCC(C(=O)NCC(c2ccccc2)N2CCCC2)CC1. The van der Waals surface area contributed by atoms with Gasteiger partial charge in [0, 0.05) is 12.5 Å². The molecule has 1 saturated heterocycles. The normalized spacial score (nSPS) is 25.1. The van der Waals surface area contributed by atoms with Crippen LogP contribution in [0.2, 0.25) is 0 Å². The number of nitrogens with zero attached hydrogens (tertiary/aromatic N) is 1. The van der Waals surface area contributed by atoms with Gasteiger partial charge in [0.05, 0.1) is 6.04 Å². The van der Waals surface area contributed by atoms with Gasteiger partial charge in [0.2, 0.25) is 5.91 Å². The molecule has 3 heteroatoms. The molecule has 1 heterocycles. The number of rotatable bonds is 8. The quantitative estimate of drug-likeness (QED) is 0.716. The molecule has 3 rings (SSSR count). The maximum atomic E-state index is 12.7. The summed E-state index contributed by atoms with van der Waals surface area (Å²) >= 11 is 0. The second-order valence-corrected chi connectivity index (χ2v) is 8.27. The molecule has 1 amide bonds. The van der Waals surface area contributed by atoms with Crippen molar-refractivity contribution in [3.05, 3.63) is 35.9 Å². The lowest BCUT2D eigenvalue weighted by Gasteiger charge is -2.31. The fraction of sp³-hybridized carbons (Fsp3) is 0.696. The predicted octanol–water partition coefficient (Wildman–Crippen LogP) is 4.94. The Morgan fingerprint density at radius 1 is 1.12 bits per heavy atom. The minimum absolute atomic E-state index is 0.239. The molecule has 2 aliphatic rings. The van der Waals surface area contributed by atoms with Crippen molar-refractivity contribution in [1.29, 1.82) is 0 Å². The van der Waals surface area contributed by atoms with E-state index in [-0.39, 0.29) is 5.92 Å². The van der Waals surface area contributed by atoms with Gasteiger partial charge < -0.3 is 5.32 Å². The summed E-state index contributed by atoms with van der Waals surface area (Å²) in [4.78, 5) is 15.3. The van der Waals surface area contributed by atoms with Crippen LogP contribution >= 0.6 is 0 Å². The van der Waals surface area contributed by atoms with Crippen LogP contribution in [-0.4, -0.2) is 30.4 Å². The van der Waals surface area contributed by atoms with E-state index in [0.29, 0.717) is 11.9 Å². The van der Waals surface area contributed by atoms with E-state index >= 15 is 0 Å². The zero-order valence-electron chi connectivity index (χ0n) is 16.5. The van der Waals surface area contributed by atoms with Crippen LogP contribution in [0.3, 0.4) is 0 Å². The number of nitrogens with one attached hydrogen (secondary N) is 1. The second kappa shape index (κ2) is 10.1. The largest absolute Gasteiger partial charge is 0.354 e. The van der Waals surface area contributed by atoms with Crippen molar-refractivity contribution in [3.63, 3.8) is 0 Å². The summed E-state index contributed by atoms with van der Waals surface area (Å²) in [5.41, 5.74) is 1.33. The average molecular weight is 357 g/mol. The molecule has 0 radical (unpaired) electrons. The number of benzene rings is 1. The molecule has 2 fully saturated rings. The van der Waals surface area contributed by atoms with Gasteiger partial charge in [-0.15, -0.1) is 0 Å². The average Bonchev–Trinajstić information content (AvgIpc) is 3.22. The number of likely N-dealkylation sites (tertiary alicyclic amines) is 1. The van der Waals surface area contributed by atoms with Crippen molar-refractivity contribution in [2.45, 2.75) is 70.8 Å². The minimum Gasteiger partial charge on any atom is -0.354 e. The zero-order valence-corrected chi connectivity index (χ0v) is 16.5. The number of hydrogen-bond donors (Lipinski definition) is 1. The van der Waals surface area contributed by atoms with Crippen molar-refractivity contribution >= 4 is 5.91 Å². The van der Waals surface area contributed by atoms with Crippen LogP contribution in [0.4, 0.5) is 0 Å². The fourth-order valence-electron chi connectivity index (χ4n) is 4.73. The van der Waals surface area contributed by atoms with E-state index < -0.39 is 0 Å². The highest BCUT2D eigenvalue weighted by molar-refractivity contribution is 5.78. The summed E-state index contributed by atoms with van der Waals surface area (Å²) in [6, 6.07) is 11.0. The van der Waals surface area contributed by atoms with Crippen LogP contribution in [-0.2, 0) is 4.79 Å². The summed E-state index contributed by atoms with van der Waals surface area (Å²) in [6.45, 7) is 5.32. The maximum absolute atomic E-state index is 12.7. The van der Waals surface area contributed by atoms with E-state index in [9.17, 15) is 4.79 Å². The first kappa shape index (κ1) is 19.4. The molecule has 1 aromatic carbocycles. The molecule has 144 valence electrons. The number of hydrogen-bond acceptors (Lipinski definition) is 2. The zero-order chi connectivity index (χ0) is 18.2. The number of unbranched alkanes of at least 4 members (excludes halogenated alkanes) is 1. The summed E-state index contributed by atoms with van der Waals surface area (Å²) in [5, 5.41) is 3.31. The topological polar surface area (TPSA) is 32.3 Å². The first-order valence-corrected chi connectivity index (χ1v) is 10.8. The number of carbonyl (C=O) groups excluding carboxylic acids is 1. The van der Waals surface area contributed by atoms with Crippen LogP contribution in [0.25, 0.3) is 0 Å². The van der Waals surface area contributed by atoms with Gasteiger partial charge in [-0.25, -0.2) is 0 Å². The van der Waals surface area contributed by atoms with Gasteiger partial charge in [0.15, 0.2) is 0 Å². The monoisotopic (exact) mass is 356 g/mol. The second-order valence-electron chi connectivity index (χ2n) is 8.27. The molecular weight excluding hydrogens is 320 g/mol. The van der Waals surface area contributed by atoms with E-state index in [1.54, 1.807) is 0 Å². The number of carbonyl (C=O) groups is 1. The van der Waals surface area contributed by atoms with E-state index in [2.05, 4.69) is 47.5 Å². The lowest BCUT2D eigenvalue weighted by atomic mass is 9.79. The van der Waals surface area contributed by atoms with Crippen molar-refractivity contribution in [1.82, 2.24) is 10.2 Å². The van der Waals surface area contributed by atoms with Crippen molar-refractivity contribution in [2.24, 2.45) is 11.8 Å². The smallest absolute Gasteiger partial charge is 0.223 e. The molecule has 0 spiro atoms. The lowest BCUT2D eigenvalue weighted by molar-refractivity contribution is -0.126. The van der Waals surface area contributed by atoms with E-state index in [1.807, 2.05) is 0 Å². The van der Waals surface area contributed by atoms with Gasteiger partial charge in [0.25, 0.3) is 0 Å². The summed E-state index contributed by atoms with van der Waals surface area (Å²) < 4.78 is 0. The highest BCUT2D eigenvalue weighted by Gasteiger charge is 2.28. The molecule has 1 unspecified atom stereocenters. The maximum Gasteiger partial charge on any atom is 0.223 e. The standard InChI is InChI=1S/C23H36N2O/c1-2-3-9-19-12-14-21(15-13-19)23(26)24-18-22(25-16-7-8-17-25)20-10-5-4-6-11-20/h4-6,10-11,19,21-22H,2-3,7-9,12-18H2,1H3,(H,24,26). The molecule has 1 aliphatic heterocycles. The van der Waals surface area contributed by atoms with Crippen LogP contribution in [0.1, 0.15) is 76.3 Å².